The van der Waals surface area contributed by atoms with E-state index in [1.165, 1.54) is 31.3 Å². The smallest absolute Gasteiger partial charge is 0.311 e. The van der Waals surface area contributed by atoms with Crippen molar-refractivity contribution in [2.45, 2.75) is 62.7 Å². The van der Waals surface area contributed by atoms with Gasteiger partial charge in [0, 0.05) is 24.1 Å². The molecule has 4 heteroatoms. The van der Waals surface area contributed by atoms with Crippen LogP contribution in [-0.2, 0) is 22.0 Å². The number of rotatable bonds is 3. The van der Waals surface area contributed by atoms with Crippen LogP contribution < -0.4 is 0 Å². The van der Waals surface area contributed by atoms with Crippen LogP contribution in [0.3, 0.4) is 0 Å². The second-order valence-corrected chi connectivity index (χ2v) is 7.40. The van der Waals surface area contributed by atoms with Crippen LogP contribution in [0.25, 0.3) is 0 Å². The van der Waals surface area contributed by atoms with Crippen molar-refractivity contribution in [1.82, 2.24) is 9.78 Å². The van der Waals surface area contributed by atoms with Crippen LogP contribution in [0, 0.1) is 5.41 Å². The van der Waals surface area contributed by atoms with E-state index in [2.05, 4.69) is 17.8 Å². The predicted octanol–water partition coefficient (Wildman–Crippen LogP) is 3.06. The van der Waals surface area contributed by atoms with Crippen LogP contribution in [-0.4, -0.2) is 22.9 Å². The third kappa shape index (κ3) is 1.87. The third-order valence-corrected chi connectivity index (χ3v) is 6.32. The summed E-state index contributed by atoms with van der Waals surface area (Å²) < 4.78 is 7.15. The molecule has 114 valence electrons. The molecule has 2 bridgehead atoms. The highest BCUT2D eigenvalue weighted by Gasteiger charge is 2.54. The second-order valence-electron chi connectivity index (χ2n) is 7.40. The first-order valence-electron chi connectivity index (χ1n) is 8.21. The number of hydrogen-bond donors (Lipinski definition) is 0. The van der Waals surface area contributed by atoms with E-state index in [0.29, 0.717) is 0 Å². The van der Waals surface area contributed by atoms with Crippen LogP contribution >= 0.6 is 0 Å². The maximum absolute atomic E-state index is 12.1. The maximum atomic E-state index is 12.1. The van der Waals surface area contributed by atoms with Gasteiger partial charge in [-0.3, -0.25) is 9.48 Å². The van der Waals surface area contributed by atoms with E-state index in [1.54, 1.807) is 0 Å². The molecule has 0 spiro atoms. The Balaban J connectivity index is 1.60. The van der Waals surface area contributed by atoms with Gasteiger partial charge < -0.3 is 4.74 Å². The molecule has 4 nitrogen and oxygen atoms in total. The van der Waals surface area contributed by atoms with Gasteiger partial charge in [0.05, 0.1) is 18.2 Å². The van der Waals surface area contributed by atoms with Crippen LogP contribution in [0.15, 0.2) is 6.07 Å². The third-order valence-electron chi connectivity index (χ3n) is 6.32. The Labute approximate surface area is 125 Å². The molecule has 0 saturated heterocycles. The Bertz CT molecular complexity index is 561. The number of aromatic nitrogens is 2. The number of fused-ring (bicyclic) bond motifs is 3. The molecular weight excluding hydrogens is 264 g/mol. The lowest BCUT2D eigenvalue weighted by Gasteiger charge is -2.51. The number of hydrogen-bond acceptors (Lipinski definition) is 3. The van der Waals surface area contributed by atoms with Crippen molar-refractivity contribution in [2.24, 2.45) is 12.5 Å². The Morgan fingerprint density at radius 3 is 2.38 bits per heavy atom. The first-order chi connectivity index (χ1) is 10.1. The maximum Gasteiger partial charge on any atom is 0.311 e. The summed E-state index contributed by atoms with van der Waals surface area (Å²) in [5.74, 6) is 0.754. The highest BCUT2D eigenvalue weighted by atomic mass is 16.5. The number of ether oxygens (including phenoxy) is 1. The zero-order chi connectivity index (χ0) is 14.7. The predicted molar refractivity (Wildman–Crippen MR) is 79.0 cm³/mol. The Morgan fingerprint density at radius 1 is 1.24 bits per heavy atom. The summed E-state index contributed by atoms with van der Waals surface area (Å²) in [5, 5.41) is 4.85. The molecule has 1 heterocycles. The molecule has 1 aromatic rings. The topological polar surface area (TPSA) is 44.1 Å². The summed E-state index contributed by atoms with van der Waals surface area (Å²) in [5.41, 5.74) is 2.73. The number of carbonyl (C=O) groups excluding carboxylic acids is 1. The minimum Gasteiger partial charge on any atom is -0.469 e. The molecule has 4 saturated carbocycles. The lowest BCUT2D eigenvalue weighted by atomic mass is 9.53. The SMILES string of the molecule is COC(=O)C12CCC(c3cc(C4CC4)n(C)n3)(CC1)CC2. The molecule has 0 atom stereocenters. The van der Waals surface area contributed by atoms with Crippen LogP contribution in [0.1, 0.15) is 68.7 Å². The molecule has 0 N–H and O–H groups in total. The molecule has 0 aromatic carbocycles. The zero-order valence-corrected chi connectivity index (χ0v) is 13.0. The van der Waals surface area contributed by atoms with Gasteiger partial charge in [-0.1, -0.05) is 0 Å². The average molecular weight is 288 g/mol. The highest BCUT2D eigenvalue weighted by Crippen LogP contribution is 2.58. The number of nitrogens with zero attached hydrogens (tertiary/aromatic N) is 2. The van der Waals surface area contributed by atoms with Crippen LogP contribution in [0.4, 0.5) is 0 Å². The normalized spacial score (nSPS) is 35.0. The minimum absolute atomic E-state index is 0.00971. The van der Waals surface area contributed by atoms with Gasteiger partial charge in [0.1, 0.15) is 0 Å². The lowest BCUT2D eigenvalue weighted by Crippen LogP contribution is -2.48. The largest absolute Gasteiger partial charge is 0.469 e. The summed E-state index contributed by atoms with van der Waals surface area (Å²) in [7, 11) is 3.60. The van der Waals surface area contributed by atoms with Crippen molar-refractivity contribution in [1.29, 1.82) is 0 Å². The highest BCUT2D eigenvalue weighted by molar-refractivity contribution is 5.77. The van der Waals surface area contributed by atoms with Gasteiger partial charge in [0.15, 0.2) is 0 Å². The summed E-state index contributed by atoms with van der Waals surface area (Å²) in [6, 6.07) is 2.36. The van der Waals surface area contributed by atoms with Gasteiger partial charge in [-0.15, -0.1) is 0 Å². The molecule has 0 amide bonds. The standard InChI is InChI=1S/C17H24N2O2/c1-19-13(12-3-4-12)11-14(18-19)16-5-8-17(9-6-16,10-7-16)15(20)21-2/h11-12H,3-10H2,1-2H3. The quantitative estimate of drug-likeness (QED) is 0.803. The van der Waals surface area contributed by atoms with Crippen molar-refractivity contribution >= 4 is 5.97 Å². The Morgan fingerprint density at radius 2 is 1.86 bits per heavy atom. The first-order valence-corrected chi connectivity index (χ1v) is 8.21. The van der Waals surface area contributed by atoms with Crippen molar-refractivity contribution in [3.05, 3.63) is 17.5 Å². The van der Waals surface area contributed by atoms with Gasteiger partial charge in [-0.05, 0) is 57.4 Å². The molecular formula is C17H24N2O2. The van der Waals surface area contributed by atoms with E-state index < -0.39 is 0 Å². The summed E-state index contributed by atoms with van der Waals surface area (Å²) >= 11 is 0. The fraction of sp³-hybridized carbons (Fsp3) is 0.765. The average Bonchev–Trinajstić information content (AvgIpc) is 3.30. The molecule has 5 rings (SSSR count). The van der Waals surface area contributed by atoms with E-state index in [-0.39, 0.29) is 16.8 Å². The molecule has 0 unspecified atom stereocenters. The second kappa shape index (κ2) is 4.34. The van der Waals surface area contributed by atoms with Gasteiger partial charge in [0.25, 0.3) is 0 Å². The van der Waals surface area contributed by atoms with Gasteiger partial charge >= 0.3 is 5.97 Å². The molecule has 1 aromatic heterocycles. The van der Waals surface area contributed by atoms with E-state index in [4.69, 9.17) is 9.84 Å². The lowest BCUT2D eigenvalue weighted by molar-refractivity contribution is -0.160. The Hall–Kier alpha value is -1.32. The van der Waals surface area contributed by atoms with E-state index >= 15 is 0 Å². The molecule has 4 aliphatic rings. The van der Waals surface area contributed by atoms with Gasteiger partial charge in [-0.25, -0.2) is 0 Å². The summed E-state index contributed by atoms with van der Waals surface area (Å²) in [4.78, 5) is 12.1. The molecule has 0 aliphatic heterocycles. The van der Waals surface area contributed by atoms with Crippen LogP contribution in [0.2, 0.25) is 0 Å². The van der Waals surface area contributed by atoms with Gasteiger partial charge in [0.2, 0.25) is 0 Å². The van der Waals surface area contributed by atoms with Crippen molar-refractivity contribution in [3.63, 3.8) is 0 Å². The zero-order valence-electron chi connectivity index (χ0n) is 13.0. The number of carbonyl (C=O) groups is 1. The van der Waals surface area contributed by atoms with E-state index in [1.807, 2.05) is 0 Å². The summed E-state index contributed by atoms with van der Waals surface area (Å²) in [6.45, 7) is 0. The van der Waals surface area contributed by atoms with Crippen molar-refractivity contribution in [3.8, 4) is 0 Å². The molecule has 4 aliphatic carbocycles. The number of methoxy groups -OCH3 is 1. The van der Waals surface area contributed by atoms with E-state index in [0.717, 1.165) is 44.4 Å². The molecule has 21 heavy (non-hydrogen) atoms. The fourth-order valence-electron chi connectivity index (χ4n) is 4.59. The first kappa shape index (κ1) is 13.4. The summed E-state index contributed by atoms with van der Waals surface area (Å²) in [6.07, 6.45) is 8.80. The van der Waals surface area contributed by atoms with Gasteiger partial charge in [-0.2, -0.15) is 5.10 Å². The number of aryl methyl sites for hydroxylation is 1. The molecule has 4 fully saturated rings. The fourth-order valence-corrected chi connectivity index (χ4v) is 4.59. The number of esters is 1. The van der Waals surface area contributed by atoms with Crippen molar-refractivity contribution < 1.29 is 9.53 Å². The van der Waals surface area contributed by atoms with Crippen LogP contribution in [0.5, 0.6) is 0 Å². The monoisotopic (exact) mass is 288 g/mol. The molecule has 0 radical (unpaired) electrons. The van der Waals surface area contributed by atoms with E-state index in [9.17, 15) is 4.79 Å². The Kier molecular flexibility index (Phi) is 2.76. The minimum atomic E-state index is -0.190. The van der Waals surface area contributed by atoms with Crippen molar-refractivity contribution in [2.75, 3.05) is 7.11 Å².